The molecule has 2 rings (SSSR count). The van der Waals surface area contributed by atoms with Crippen molar-refractivity contribution in [3.8, 4) is 17.2 Å². The van der Waals surface area contributed by atoms with Gasteiger partial charge in [-0.1, -0.05) is 23.7 Å². The van der Waals surface area contributed by atoms with Crippen molar-refractivity contribution in [2.24, 2.45) is 0 Å². The number of hydrogen-bond donors (Lipinski definition) is 1. The highest BCUT2D eigenvalue weighted by molar-refractivity contribution is 6.31. The standard InChI is InChI=1S/C16H17ClO4/c1-19-12-5-3-11(4-6-12)10-21-16-13(9-18)14(17)7-8-15(16)20-2/h3-8,18H,9-10H2,1-2H3. The van der Waals surface area contributed by atoms with E-state index in [0.29, 0.717) is 28.7 Å². The van der Waals surface area contributed by atoms with Crippen molar-refractivity contribution >= 4 is 11.6 Å². The molecular formula is C16H17ClO4. The molecule has 21 heavy (non-hydrogen) atoms. The Morgan fingerprint density at radius 2 is 1.71 bits per heavy atom. The molecule has 0 unspecified atom stereocenters. The number of methoxy groups -OCH3 is 2. The van der Waals surface area contributed by atoms with Gasteiger partial charge >= 0.3 is 0 Å². The van der Waals surface area contributed by atoms with Gasteiger partial charge in [-0.2, -0.15) is 0 Å². The van der Waals surface area contributed by atoms with E-state index in [4.69, 9.17) is 25.8 Å². The van der Waals surface area contributed by atoms with Gasteiger partial charge in [-0.05, 0) is 29.8 Å². The Hall–Kier alpha value is -1.91. The van der Waals surface area contributed by atoms with Crippen molar-refractivity contribution in [1.29, 1.82) is 0 Å². The van der Waals surface area contributed by atoms with Crippen LogP contribution in [0.15, 0.2) is 36.4 Å². The van der Waals surface area contributed by atoms with Crippen LogP contribution in [0, 0.1) is 0 Å². The van der Waals surface area contributed by atoms with Gasteiger partial charge in [0.1, 0.15) is 12.4 Å². The third kappa shape index (κ3) is 3.60. The third-order valence-electron chi connectivity index (χ3n) is 3.09. The Morgan fingerprint density at radius 3 is 2.29 bits per heavy atom. The lowest BCUT2D eigenvalue weighted by Gasteiger charge is -2.15. The molecule has 0 spiro atoms. The summed E-state index contributed by atoms with van der Waals surface area (Å²) in [6, 6.07) is 10.9. The Labute approximate surface area is 128 Å². The zero-order valence-electron chi connectivity index (χ0n) is 11.9. The summed E-state index contributed by atoms with van der Waals surface area (Å²) in [5.41, 5.74) is 1.49. The van der Waals surface area contributed by atoms with Crippen LogP contribution >= 0.6 is 11.6 Å². The molecule has 0 saturated carbocycles. The molecule has 0 aliphatic heterocycles. The van der Waals surface area contributed by atoms with Crippen molar-refractivity contribution in [3.63, 3.8) is 0 Å². The summed E-state index contributed by atoms with van der Waals surface area (Å²) in [7, 11) is 3.17. The molecule has 0 saturated heterocycles. The van der Waals surface area contributed by atoms with Crippen LogP contribution in [-0.2, 0) is 13.2 Å². The maximum atomic E-state index is 9.45. The molecule has 0 aromatic heterocycles. The number of benzene rings is 2. The number of halogens is 1. The first-order valence-electron chi connectivity index (χ1n) is 6.41. The fourth-order valence-electron chi connectivity index (χ4n) is 1.93. The first kappa shape index (κ1) is 15.5. The van der Waals surface area contributed by atoms with Crippen LogP contribution in [0.2, 0.25) is 5.02 Å². The summed E-state index contributed by atoms with van der Waals surface area (Å²) in [5, 5.41) is 9.90. The summed E-state index contributed by atoms with van der Waals surface area (Å²) in [4.78, 5) is 0. The van der Waals surface area contributed by atoms with Crippen LogP contribution < -0.4 is 14.2 Å². The van der Waals surface area contributed by atoms with Crippen molar-refractivity contribution in [1.82, 2.24) is 0 Å². The van der Waals surface area contributed by atoms with Crippen molar-refractivity contribution in [2.45, 2.75) is 13.2 Å². The Kier molecular flexibility index (Phi) is 5.31. The predicted molar refractivity (Wildman–Crippen MR) is 81.3 cm³/mol. The lowest BCUT2D eigenvalue weighted by Crippen LogP contribution is -2.02. The van der Waals surface area contributed by atoms with Gasteiger partial charge in [-0.15, -0.1) is 0 Å². The molecule has 4 nitrogen and oxygen atoms in total. The highest BCUT2D eigenvalue weighted by atomic mass is 35.5. The first-order valence-corrected chi connectivity index (χ1v) is 6.79. The molecule has 0 aliphatic carbocycles. The zero-order valence-corrected chi connectivity index (χ0v) is 12.7. The van der Waals surface area contributed by atoms with Gasteiger partial charge in [-0.25, -0.2) is 0 Å². The molecule has 0 aliphatic rings. The summed E-state index contributed by atoms with van der Waals surface area (Å²) < 4.78 is 16.1. The molecule has 2 aromatic rings. The van der Waals surface area contributed by atoms with E-state index < -0.39 is 0 Å². The number of ether oxygens (including phenoxy) is 3. The smallest absolute Gasteiger partial charge is 0.168 e. The van der Waals surface area contributed by atoms with E-state index in [0.717, 1.165) is 11.3 Å². The van der Waals surface area contributed by atoms with Gasteiger partial charge in [0.2, 0.25) is 0 Å². The second-order valence-electron chi connectivity index (χ2n) is 4.35. The van der Waals surface area contributed by atoms with Crippen molar-refractivity contribution in [2.75, 3.05) is 14.2 Å². The number of rotatable bonds is 6. The summed E-state index contributed by atoms with van der Waals surface area (Å²) in [5.74, 6) is 1.79. The quantitative estimate of drug-likeness (QED) is 0.888. The molecule has 0 fully saturated rings. The minimum absolute atomic E-state index is 0.214. The van der Waals surface area contributed by atoms with E-state index in [1.165, 1.54) is 0 Å². The van der Waals surface area contributed by atoms with E-state index in [2.05, 4.69) is 0 Å². The lowest BCUT2D eigenvalue weighted by atomic mass is 10.2. The van der Waals surface area contributed by atoms with Crippen LogP contribution in [0.5, 0.6) is 17.2 Å². The second-order valence-corrected chi connectivity index (χ2v) is 4.76. The molecule has 0 heterocycles. The van der Waals surface area contributed by atoms with Gasteiger partial charge in [0.15, 0.2) is 11.5 Å². The normalized spacial score (nSPS) is 10.3. The van der Waals surface area contributed by atoms with Gasteiger partial charge in [0.25, 0.3) is 0 Å². The van der Waals surface area contributed by atoms with E-state index in [1.807, 2.05) is 24.3 Å². The van der Waals surface area contributed by atoms with Gasteiger partial charge in [0.05, 0.1) is 25.8 Å². The molecule has 0 radical (unpaired) electrons. The molecular weight excluding hydrogens is 292 g/mol. The molecule has 0 atom stereocenters. The Bertz CT molecular complexity index is 596. The van der Waals surface area contributed by atoms with Crippen LogP contribution in [0.1, 0.15) is 11.1 Å². The molecule has 0 bridgehead atoms. The minimum atomic E-state index is -0.214. The van der Waals surface area contributed by atoms with Crippen molar-refractivity contribution < 1.29 is 19.3 Å². The van der Waals surface area contributed by atoms with Gasteiger partial charge in [-0.3, -0.25) is 0 Å². The Morgan fingerprint density at radius 1 is 1.00 bits per heavy atom. The van der Waals surface area contributed by atoms with Crippen LogP contribution in [0.25, 0.3) is 0 Å². The molecule has 112 valence electrons. The topological polar surface area (TPSA) is 47.9 Å². The largest absolute Gasteiger partial charge is 0.497 e. The van der Waals surface area contributed by atoms with Gasteiger partial charge in [0, 0.05) is 5.56 Å². The summed E-state index contributed by atoms with van der Waals surface area (Å²) >= 11 is 6.07. The van der Waals surface area contributed by atoms with E-state index in [1.54, 1.807) is 26.4 Å². The monoisotopic (exact) mass is 308 g/mol. The van der Waals surface area contributed by atoms with Crippen molar-refractivity contribution in [3.05, 3.63) is 52.5 Å². The first-order chi connectivity index (χ1) is 10.2. The number of aliphatic hydroxyl groups excluding tert-OH is 1. The van der Waals surface area contributed by atoms with Crippen LogP contribution in [0.3, 0.4) is 0 Å². The Balaban J connectivity index is 2.20. The molecule has 1 N–H and O–H groups in total. The zero-order chi connectivity index (χ0) is 15.2. The van der Waals surface area contributed by atoms with E-state index in [9.17, 15) is 5.11 Å². The van der Waals surface area contributed by atoms with Gasteiger partial charge < -0.3 is 19.3 Å². The average molecular weight is 309 g/mol. The number of aliphatic hydroxyl groups is 1. The molecule has 0 amide bonds. The van der Waals surface area contributed by atoms with Crippen LogP contribution in [-0.4, -0.2) is 19.3 Å². The summed E-state index contributed by atoms with van der Waals surface area (Å²) in [6.45, 7) is 0.127. The maximum Gasteiger partial charge on any atom is 0.168 e. The fourth-order valence-corrected chi connectivity index (χ4v) is 2.13. The minimum Gasteiger partial charge on any atom is -0.497 e. The van der Waals surface area contributed by atoms with Crippen LogP contribution in [0.4, 0.5) is 0 Å². The third-order valence-corrected chi connectivity index (χ3v) is 3.44. The molecule has 2 aromatic carbocycles. The second kappa shape index (κ2) is 7.20. The van der Waals surface area contributed by atoms with E-state index >= 15 is 0 Å². The maximum absolute atomic E-state index is 9.45. The average Bonchev–Trinajstić information content (AvgIpc) is 2.53. The highest BCUT2D eigenvalue weighted by Crippen LogP contribution is 2.36. The fraction of sp³-hybridized carbons (Fsp3) is 0.250. The summed E-state index contributed by atoms with van der Waals surface area (Å²) in [6.07, 6.45) is 0. The van der Waals surface area contributed by atoms with E-state index in [-0.39, 0.29) is 6.61 Å². The number of hydrogen-bond acceptors (Lipinski definition) is 4. The molecule has 5 heteroatoms. The highest BCUT2D eigenvalue weighted by Gasteiger charge is 2.14. The predicted octanol–water partition coefficient (Wildman–Crippen LogP) is 3.43. The lowest BCUT2D eigenvalue weighted by molar-refractivity contribution is 0.250. The SMILES string of the molecule is COc1ccc(COc2c(OC)ccc(Cl)c2CO)cc1.